The molecule has 2 atom stereocenters. The maximum Gasteiger partial charge on any atom is 0.243 e. The first-order valence-electron chi connectivity index (χ1n) is 8.88. The van der Waals surface area contributed by atoms with Gasteiger partial charge < -0.3 is 16.4 Å². The lowest BCUT2D eigenvalue weighted by molar-refractivity contribution is -0.130. The van der Waals surface area contributed by atoms with Crippen molar-refractivity contribution in [2.45, 2.75) is 31.8 Å². The molecular formula is C21H21FN4O3. The van der Waals surface area contributed by atoms with Crippen molar-refractivity contribution in [3.05, 3.63) is 71.0 Å². The van der Waals surface area contributed by atoms with Gasteiger partial charge in [-0.15, -0.1) is 0 Å². The minimum Gasteiger partial charge on any atom is -0.368 e. The quantitative estimate of drug-likeness (QED) is 0.614. The molecule has 0 heterocycles. The number of halogens is 1. The summed E-state index contributed by atoms with van der Waals surface area (Å²) in [4.78, 5) is 36.0. The van der Waals surface area contributed by atoms with E-state index in [-0.39, 0.29) is 12.8 Å². The summed E-state index contributed by atoms with van der Waals surface area (Å²) in [5, 5.41) is 13.9. The van der Waals surface area contributed by atoms with Gasteiger partial charge in [0, 0.05) is 19.8 Å². The molecule has 0 spiro atoms. The predicted molar refractivity (Wildman–Crippen MR) is 104 cm³/mol. The van der Waals surface area contributed by atoms with E-state index in [9.17, 15) is 18.8 Å². The van der Waals surface area contributed by atoms with Crippen LogP contribution in [0.5, 0.6) is 0 Å². The van der Waals surface area contributed by atoms with E-state index in [2.05, 4.69) is 10.6 Å². The first-order chi connectivity index (χ1) is 13.8. The third-order valence-electron chi connectivity index (χ3n) is 4.23. The second-order valence-electron chi connectivity index (χ2n) is 6.56. The number of nitrogens with one attached hydrogen (secondary N) is 2. The number of rotatable bonds is 8. The van der Waals surface area contributed by atoms with Gasteiger partial charge in [-0.2, -0.15) is 5.26 Å². The minimum absolute atomic E-state index is 0.119. The maximum absolute atomic E-state index is 13.1. The first kappa shape index (κ1) is 21.6. The smallest absolute Gasteiger partial charge is 0.243 e. The van der Waals surface area contributed by atoms with E-state index >= 15 is 0 Å². The molecule has 0 aliphatic carbocycles. The van der Waals surface area contributed by atoms with Crippen LogP contribution in [-0.4, -0.2) is 29.8 Å². The van der Waals surface area contributed by atoms with Crippen LogP contribution in [0.2, 0.25) is 0 Å². The van der Waals surface area contributed by atoms with Crippen LogP contribution in [0, 0.1) is 17.1 Å². The number of primary amides is 1. The summed E-state index contributed by atoms with van der Waals surface area (Å²) in [6.45, 7) is 1.27. The summed E-state index contributed by atoms with van der Waals surface area (Å²) < 4.78 is 13.1. The lowest BCUT2D eigenvalue weighted by Crippen LogP contribution is -2.54. The van der Waals surface area contributed by atoms with Crippen LogP contribution in [0.4, 0.5) is 4.39 Å². The molecule has 2 aromatic carbocycles. The standard InChI is InChI=1S/C21H21FN4O3/c1-13(27)25-19(11-15-6-8-17(22)9-7-15)21(29)26-18(20(24)28)10-14-2-4-16(12-23)5-3-14/h2-9,18-19H,10-11H2,1H3,(H2,24,28)(H,25,27)(H,26,29)/t18-,19-/m0/s1. The first-order valence-corrected chi connectivity index (χ1v) is 8.88. The molecule has 0 aromatic heterocycles. The Kier molecular flexibility index (Phi) is 7.43. The molecule has 8 heteroatoms. The van der Waals surface area contributed by atoms with Gasteiger partial charge >= 0.3 is 0 Å². The summed E-state index contributed by atoms with van der Waals surface area (Å²) >= 11 is 0. The van der Waals surface area contributed by atoms with Crippen molar-refractivity contribution >= 4 is 17.7 Å². The predicted octanol–water partition coefficient (Wildman–Crippen LogP) is 0.957. The van der Waals surface area contributed by atoms with Crippen molar-refractivity contribution in [2.24, 2.45) is 5.73 Å². The molecule has 0 aliphatic heterocycles. The average molecular weight is 396 g/mol. The van der Waals surface area contributed by atoms with Gasteiger partial charge in [-0.1, -0.05) is 24.3 Å². The normalized spacial score (nSPS) is 12.3. The summed E-state index contributed by atoms with van der Waals surface area (Å²) in [7, 11) is 0. The van der Waals surface area contributed by atoms with Gasteiger partial charge in [-0.25, -0.2) is 4.39 Å². The molecule has 0 saturated heterocycles. The second-order valence-corrected chi connectivity index (χ2v) is 6.56. The van der Waals surface area contributed by atoms with E-state index in [1.54, 1.807) is 24.3 Å². The van der Waals surface area contributed by atoms with Crippen molar-refractivity contribution in [3.63, 3.8) is 0 Å². The van der Waals surface area contributed by atoms with Gasteiger partial charge in [0.15, 0.2) is 0 Å². The summed E-state index contributed by atoms with van der Waals surface area (Å²) in [6.07, 6.45) is 0.254. The molecule has 0 fully saturated rings. The number of nitrogens with two attached hydrogens (primary N) is 1. The molecule has 2 rings (SSSR count). The third kappa shape index (κ3) is 6.74. The molecule has 4 N–H and O–H groups in total. The zero-order valence-electron chi connectivity index (χ0n) is 15.8. The van der Waals surface area contributed by atoms with E-state index in [4.69, 9.17) is 11.0 Å². The van der Waals surface area contributed by atoms with E-state index in [1.807, 2.05) is 6.07 Å². The van der Waals surface area contributed by atoms with Crippen LogP contribution >= 0.6 is 0 Å². The Morgan fingerprint density at radius 3 is 1.97 bits per heavy atom. The molecule has 0 aliphatic rings. The van der Waals surface area contributed by atoms with E-state index < -0.39 is 35.6 Å². The van der Waals surface area contributed by atoms with Crippen LogP contribution in [0.3, 0.4) is 0 Å². The molecule has 2 aromatic rings. The van der Waals surface area contributed by atoms with Crippen LogP contribution in [0.15, 0.2) is 48.5 Å². The molecule has 0 radical (unpaired) electrons. The van der Waals surface area contributed by atoms with E-state index in [0.717, 1.165) is 0 Å². The molecule has 0 bridgehead atoms. The van der Waals surface area contributed by atoms with Gasteiger partial charge in [0.25, 0.3) is 0 Å². The Labute approximate surface area is 167 Å². The number of carbonyl (C=O) groups is 3. The SMILES string of the molecule is CC(=O)N[C@@H](Cc1ccc(F)cc1)C(=O)N[C@@H](Cc1ccc(C#N)cc1)C(N)=O. The third-order valence-corrected chi connectivity index (χ3v) is 4.23. The lowest BCUT2D eigenvalue weighted by Gasteiger charge is -2.22. The highest BCUT2D eigenvalue weighted by molar-refractivity contribution is 5.91. The Morgan fingerprint density at radius 2 is 1.48 bits per heavy atom. The van der Waals surface area contributed by atoms with Gasteiger partial charge in [0.05, 0.1) is 11.6 Å². The highest BCUT2D eigenvalue weighted by Gasteiger charge is 2.25. The van der Waals surface area contributed by atoms with Crippen molar-refractivity contribution in [1.29, 1.82) is 5.26 Å². The van der Waals surface area contributed by atoms with Gasteiger partial charge in [0.2, 0.25) is 17.7 Å². The fourth-order valence-electron chi connectivity index (χ4n) is 2.76. The van der Waals surface area contributed by atoms with Crippen LogP contribution < -0.4 is 16.4 Å². The fraction of sp³-hybridized carbons (Fsp3) is 0.238. The molecule has 150 valence electrons. The van der Waals surface area contributed by atoms with Gasteiger partial charge in [-0.05, 0) is 35.4 Å². The maximum atomic E-state index is 13.1. The zero-order valence-corrected chi connectivity index (χ0v) is 15.8. The highest BCUT2D eigenvalue weighted by atomic mass is 19.1. The number of nitriles is 1. The summed E-state index contributed by atoms with van der Waals surface area (Å²) in [5.41, 5.74) is 7.25. The van der Waals surface area contributed by atoms with Crippen molar-refractivity contribution in [1.82, 2.24) is 10.6 Å². The number of amides is 3. The number of carbonyl (C=O) groups excluding carboxylic acids is 3. The molecule has 3 amide bonds. The van der Waals surface area contributed by atoms with Crippen LogP contribution in [-0.2, 0) is 27.2 Å². The number of benzene rings is 2. The van der Waals surface area contributed by atoms with Gasteiger partial charge in [-0.3, -0.25) is 14.4 Å². The van der Waals surface area contributed by atoms with E-state index in [1.165, 1.54) is 31.2 Å². The Bertz CT molecular complexity index is 920. The lowest BCUT2D eigenvalue weighted by atomic mass is 10.0. The second kappa shape index (κ2) is 9.99. The number of hydrogen-bond acceptors (Lipinski definition) is 4. The summed E-state index contributed by atoms with van der Waals surface area (Å²) in [5.74, 6) is -2.14. The molecule has 7 nitrogen and oxygen atoms in total. The molecular weight excluding hydrogens is 375 g/mol. The molecule has 0 saturated carbocycles. The highest BCUT2D eigenvalue weighted by Crippen LogP contribution is 2.09. The van der Waals surface area contributed by atoms with E-state index in [0.29, 0.717) is 16.7 Å². The fourth-order valence-corrected chi connectivity index (χ4v) is 2.76. The molecule has 29 heavy (non-hydrogen) atoms. The van der Waals surface area contributed by atoms with Crippen molar-refractivity contribution < 1.29 is 18.8 Å². The van der Waals surface area contributed by atoms with Crippen LogP contribution in [0.25, 0.3) is 0 Å². The summed E-state index contributed by atoms with van der Waals surface area (Å²) in [6, 6.07) is 12.1. The van der Waals surface area contributed by atoms with Crippen molar-refractivity contribution in [2.75, 3.05) is 0 Å². The largest absolute Gasteiger partial charge is 0.368 e. The monoisotopic (exact) mass is 396 g/mol. The Hall–Kier alpha value is -3.73. The Balaban J connectivity index is 2.12. The number of nitrogens with zero attached hydrogens (tertiary/aromatic N) is 1. The van der Waals surface area contributed by atoms with Gasteiger partial charge in [0.1, 0.15) is 17.9 Å². The minimum atomic E-state index is -1.00. The topological polar surface area (TPSA) is 125 Å². The zero-order chi connectivity index (χ0) is 21.4. The average Bonchev–Trinajstić information content (AvgIpc) is 2.68. The number of hydrogen-bond donors (Lipinski definition) is 3. The van der Waals surface area contributed by atoms with Crippen LogP contribution in [0.1, 0.15) is 23.6 Å². The van der Waals surface area contributed by atoms with Crippen molar-refractivity contribution in [3.8, 4) is 6.07 Å². The molecule has 0 unspecified atom stereocenters. The Morgan fingerprint density at radius 1 is 0.966 bits per heavy atom.